The minimum Gasteiger partial charge on any atom is -0.595 e. The molecule has 0 aromatic carbocycles. The summed E-state index contributed by atoms with van der Waals surface area (Å²) in [7, 11) is -2.55. The lowest BCUT2D eigenvalue weighted by Gasteiger charge is -2.16. The lowest BCUT2D eigenvalue weighted by atomic mass is 10.0. The lowest BCUT2D eigenvalue weighted by Crippen LogP contribution is -2.28. The third-order valence-electron chi connectivity index (χ3n) is 2.18. The van der Waals surface area contributed by atoms with Gasteiger partial charge < -0.3 is 9.63 Å². The first-order valence-electron chi connectivity index (χ1n) is 4.88. The van der Waals surface area contributed by atoms with Crippen LogP contribution in [0.25, 0.3) is 0 Å². The first-order chi connectivity index (χ1) is 6.58. The molecule has 0 aliphatic heterocycles. The molecule has 0 spiro atoms. The van der Waals surface area contributed by atoms with Crippen molar-refractivity contribution in [2.45, 2.75) is 39.3 Å². The van der Waals surface area contributed by atoms with Crippen LogP contribution in [-0.2, 0) is 14.1 Å². The molecule has 82 valence electrons. The van der Waals surface area contributed by atoms with Crippen molar-refractivity contribution in [2.24, 2.45) is 5.92 Å². The largest absolute Gasteiger partial charge is 0.595 e. The maximum absolute atomic E-state index is 11.4. The van der Waals surface area contributed by atoms with Crippen LogP contribution in [0.5, 0.6) is 0 Å². The first-order valence-corrected chi connectivity index (χ1v) is 6.13. The summed E-state index contributed by atoms with van der Waals surface area (Å²) in [5, 5.41) is 0. The standard InChI is InChI=1S/C9H17O4P/c1-4-7(9(10)13-6-3)8(5-2)14(11)12/h7-8H,4-6H2,1-3H3. The van der Waals surface area contributed by atoms with E-state index >= 15 is 0 Å². The van der Waals surface area contributed by atoms with E-state index in [4.69, 9.17) is 4.74 Å². The number of rotatable bonds is 6. The molecule has 0 saturated heterocycles. The van der Waals surface area contributed by atoms with Gasteiger partial charge in [0.25, 0.3) is 0 Å². The molecule has 0 saturated carbocycles. The summed E-state index contributed by atoms with van der Waals surface area (Å²) in [5.74, 6) is -0.915. The van der Waals surface area contributed by atoms with E-state index in [0.717, 1.165) is 0 Å². The van der Waals surface area contributed by atoms with Gasteiger partial charge >= 0.3 is 14.0 Å². The monoisotopic (exact) mass is 220 g/mol. The summed E-state index contributed by atoms with van der Waals surface area (Å²) in [5.41, 5.74) is -0.589. The minimum absolute atomic E-state index is 0.293. The number of ether oxygens (including phenoxy) is 1. The topological polar surface area (TPSA) is 66.4 Å². The molecule has 0 fully saturated rings. The SMILES string of the molecule is CCOC(=O)C(CC)C(CC)[P+](=O)[O-]. The van der Waals surface area contributed by atoms with Gasteiger partial charge in [0.15, 0.2) is 5.66 Å². The maximum Gasteiger partial charge on any atom is 0.313 e. The highest BCUT2D eigenvalue weighted by atomic mass is 31.1. The molecule has 0 heterocycles. The zero-order valence-corrected chi connectivity index (χ0v) is 9.75. The van der Waals surface area contributed by atoms with Crippen LogP contribution in [0.3, 0.4) is 0 Å². The molecule has 14 heavy (non-hydrogen) atoms. The zero-order valence-electron chi connectivity index (χ0n) is 8.86. The predicted molar refractivity (Wildman–Crippen MR) is 52.1 cm³/mol. The van der Waals surface area contributed by atoms with Crippen molar-refractivity contribution >= 4 is 14.0 Å². The third-order valence-corrected chi connectivity index (χ3v) is 3.45. The summed E-state index contributed by atoms with van der Waals surface area (Å²) < 4.78 is 15.7. The molecule has 0 amide bonds. The Labute approximate surface area is 85.5 Å². The van der Waals surface area contributed by atoms with Gasteiger partial charge in [-0.2, -0.15) is 0 Å². The van der Waals surface area contributed by atoms with Crippen molar-refractivity contribution in [3.63, 3.8) is 0 Å². The third kappa shape index (κ3) is 3.72. The van der Waals surface area contributed by atoms with Gasteiger partial charge in [0.1, 0.15) is 5.92 Å². The Hall–Kier alpha value is -0.470. The molecule has 0 aliphatic rings. The van der Waals surface area contributed by atoms with E-state index in [0.29, 0.717) is 19.4 Å². The Balaban J connectivity index is 4.50. The van der Waals surface area contributed by atoms with Gasteiger partial charge in [0.2, 0.25) is 0 Å². The van der Waals surface area contributed by atoms with Crippen molar-refractivity contribution in [1.82, 2.24) is 0 Å². The van der Waals surface area contributed by atoms with Gasteiger partial charge in [-0.3, -0.25) is 4.79 Å². The van der Waals surface area contributed by atoms with Crippen LogP contribution in [0, 0.1) is 5.92 Å². The van der Waals surface area contributed by atoms with E-state index in [2.05, 4.69) is 0 Å². The summed E-state index contributed by atoms with van der Waals surface area (Å²) in [6.45, 7) is 5.56. The van der Waals surface area contributed by atoms with E-state index in [-0.39, 0.29) is 0 Å². The highest BCUT2D eigenvalue weighted by molar-refractivity contribution is 7.37. The van der Waals surface area contributed by atoms with Gasteiger partial charge in [-0.1, -0.05) is 18.4 Å². The zero-order chi connectivity index (χ0) is 11.1. The summed E-state index contributed by atoms with van der Waals surface area (Å²) >= 11 is 0. The highest BCUT2D eigenvalue weighted by Gasteiger charge is 2.35. The Morgan fingerprint density at radius 1 is 1.36 bits per heavy atom. The molecular weight excluding hydrogens is 203 g/mol. The van der Waals surface area contributed by atoms with E-state index in [1.54, 1.807) is 20.8 Å². The Bertz CT molecular complexity index is 205. The lowest BCUT2D eigenvalue weighted by molar-refractivity contribution is -0.170. The quantitative estimate of drug-likeness (QED) is 0.502. The second-order valence-electron chi connectivity index (χ2n) is 3.03. The average molecular weight is 220 g/mol. The Morgan fingerprint density at radius 2 is 1.93 bits per heavy atom. The normalized spacial score (nSPS) is 15.9. The van der Waals surface area contributed by atoms with Gasteiger partial charge in [-0.05, 0) is 19.8 Å². The highest BCUT2D eigenvalue weighted by Crippen LogP contribution is 2.31. The van der Waals surface area contributed by atoms with Crippen molar-refractivity contribution in [2.75, 3.05) is 6.61 Å². The molecule has 5 heteroatoms. The van der Waals surface area contributed by atoms with Crippen molar-refractivity contribution in [3.8, 4) is 0 Å². The smallest absolute Gasteiger partial charge is 0.313 e. The molecule has 0 radical (unpaired) electrons. The van der Waals surface area contributed by atoms with Crippen molar-refractivity contribution in [1.29, 1.82) is 0 Å². The fourth-order valence-electron chi connectivity index (χ4n) is 1.43. The molecule has 4 nitrogen and oxygen atoms in total. The van der Waals surface area contributed by atoms with E-state index < -0.39 is 25.6 Å². The molecule has 0 aliphatic carbocycles. The molecule has 0 aromatic heterocycles. The van der Waals surface area contributed by atoms with Crippen LogP contribution in [0.1, 0.15) is 33.6 Å². The van der Waals surface area contributed by atoms with Crippen LogP contribution < -0.4 is 4.89 Å². The first kappa shape index (κ1) is 13.5. The summed E-state index contributed by atoms with van der Waals surface area (Å²) in [4.78, 5) is 22.3. The number of carbonyl (C=O) groups is 1. The molecule has 0 aromatic rings. The second-order valence-corrected chi connectivity index (χ2v) is 4.26. The fraction of sp³-hybridized carbons (Fsp3) is 0.889. The molecular formula is C9H17O4P. The predicted octanol–water partition coefficient (Wildman–Crippen LogP) is 1.46. The Kier molecular flexibility index (Phi) is 6.67. The van der Waals surface area contributed by atoms with Gasteiger partial charge in [-0.25, -0.2) is 0 Å². The van der Waals surface area contributed by atoms with Crippen LogP contribution in [0.15, 0.2) is 0 Å². The summed E-state index contributed by atoms with van der Waals surface area (Å²) in [6, 6.07) is 0. The molecule has 3 atom stereocenters. The van der Waals surface area contributed by atoms with Crippen molar-refractivity contribution in [3.05, 3.63) is 0 Å². The van der Waals surface area contributed by atoms with E-state index in [9.17, 15) is 14.3 Å². The minimum atomic E-state index is -2.55. The van der Waals surface area contributed by atoms with Gasteiger partial charge in [-0.15, -0.1) is 0 Å². The van der Waals surface area contributed by atoms with Crippen LogP contribution in [-0.4, -0.2) is 18.2 Å². The van der Waals surface area contributed by atoms with E-state index in [1.165, 1.54) is 0 Å². The summed E-state index contributed by atoms with van der Waals surface area (Å²) in [6.07, 6.45) is 0.955. The van der Waals surface area contributed by atoms with Gasteiger partial charge in [0, 0.05) is 0 Å². The molecule has 0 N–H and O–H groups in total. The number of hydrogen-bond acceptors (Lipinski definition) is 4. The number of esters is 1. The average Bonchev–Trinajstić information content (AvgIpc) is 2.13. The second kappa shape index (κ2) is 6.91. The Morgan fingerprint density at radius 3 is 2.21 bits per heavy atom. The number of carbonyl (C=O) groups excluding carboxylic acids is 1. The fourth-order valence-corrected chi connectivity index (χ4v) is 2.35. The molecule has 0 bridgehead atoms. The number of hydrogen-bond donors (Lipinski definition) is 0. The van der Waals surface area contributed by atoms with Gasteiger partial charge in [0.05, 0.1) is 6.61 Å². The van der Waals surface area contributed by atoms with Crippen molar-refractivity contribution < 1.29 is 19.0 Å². The van der Waals surface area contributed by atoms with Crippen LogP contribution >= 0.6 is 8.03 Å². The van der Waals surface area contributed by atoms with Crippen LogP contribution in [0.4, 0.5) is 0 Å². The molecule has 3 unspecified atom stereocenters. The van der Waals surface area contributed by atoms with Crippen LogP contribution in [0.2, 0.25) is 0 Å². The maximum atomic E-state index is 11.4. The molecule has 0 rings (SSSR count). The van der Waals surface area contributed by atoms with E-state index in [1.807, 2.05) is 0 Å².